The Labute approximate surface area is 128 Å². The zero-order chi connectivity index (χ0) is 15.4. The van der Waals surface area contributed by atoms with Gasteiger partial charge in [-0.05, 0) is 30.9 Å². The number of carbonyl (C=O) groups excluding carboxylic acids is 1. The maximum absolute atomic E-state index is 12.4. The second kappa shape index (κ2) is 6.60. The monoisotopic (exact) mass is 300 g/mol. The molecular formula is C16H20N4O2. The van der Waals surface area contributed by atoms with E-state index in [1.165, 1.54) is 6.07 Å². The first-order valence-corrected chi connectivity index (χ1v) is 7.67. The van der Waals surface area contributed by atoms with Crippen molar-refractivity contribution in [2.24, 2.45) is 0 Å². The minimum Gasteiger partial charge on any atom is -0.342 e. The van der Waals surface area contributed by atoms with Crippen LogP contribution >= 0.6 is 0 Å². The smallest absolute Gasteiger partial charge is 0.247 e. The molecule has 3 rings (SSSR count). The van der Waals surface area contributed by atoms with Gasteiger partial charge in [-0.15, -0.1) is 0 Å². The SMILES string of the molecule is O=C(CCc1ccc(=O)[nH]c1)N1CCCC(c2ccn[nH]2)C1. The highest BCUT2D eigenvalue weighted by Crippen LogP contribution is 2.25. The lowest BCUT2D eigenvalue weighted by atomic mass is 9.94. The lowest BCUT2D eigenvalue weighted by molar-refractivity contribution is -0.132. The van der Waals surface area contributed by atoms with E-state index in [0.717, 1.165) is 37.2 Å². The van der Waals surface area contributed by atoms with Gasteiger partial charge >= 0.3 is 0 Å². The molecule has 1 fully saturated rings. The molecule has 6 heteroatoms. The Balaban J connectivity index is 1.55. The Morgan fingerprint density at radius 3 is 3.00 bits per heavy atom. The molecule has 3 heterocycles. The van der Waals surface area contributed by atoms with E-state index in [2.05, 4.69) is 15.2 Å². The lowest BCUT2D eigenvalue weighted by Gasteiger charge is -2.32. The number of nitrogens with one attached hydrogen (secondary N) is 2. The highest BCUT2D eigenvalue weighted by atomic mass is 16.2. The minimum absolute atomic E-state index is 0.117. The number of rotatable bonds is 4. The molecular weight excluding hydrogens is 280 g/mol. The average Bonchev–Trinajstić information content (AvgIpc) is 3.09. The van der Waals surface area contributed by atoms with Crippen molar-refractivity contribution < 1.29 is 4.79 Å². The van der Waals surface area contributed by atoms with Gasteiger partial charge in [0.1, 0.15) is 0 Å². The summed E-state index contributed by atoms with van der Waals surface area (Å²) in [5, 5.41) is 7.00. The van der Waals surface area contributed by atoms with E-state index in [1.54, 1.807) is 18.5 Å². The molecule has 0 aromatic carbocycles. The summed E-state index contributed by atoms with van der Waals surface area (Å²) in [6, 6.07) is 5.25. The fourth-order valence-corrected chi connectivity index (χ4v) is 2.96. The van der Waals surface area contributed by atoms with Crippen LogP contribution in [-0.2, 0) is 11.2 Å². The van der Waals surface area contributed by atoms with Crippen molar-refractivity contribution in [2.45, 2.75) is 31.6 Å². The average molecular weight is 300 g/mol. The number of aromatic amines is 2. The van der Waals surface area contributed by atoms with Gasteiger partial charge in [0.15, 0.2) is 0 Å². The van der Waals surface area contributed by atoms with Gasteiger partial charge in [-0.2, -0.15) is 5.10 Å². The molecule has 1 aliphatic heterocycles. The summed E-state index contributed by atoms with van der Waals surface area (Å²) in [7, 11) is 0. The standard InChI is InChI=1S/C16H20N4O2/c21-15-5-3-12(10-17-15)4-6-16(22)20-9-1-2-13(11-20)14-7-8-18-19-14/h3,5,7-8,10,13H,1-2,4,6,9,11H2,(H,17,21)(H,18,19). The molecule has 2 aromatic rings. The van der Waals surface area contributed by atoms with E-state index in [-0.39, 0.29) is 11.5 Å². The molecule has 0 saturated carbocycles. The van der Waals surface area contributed by atoms with Crippen LogP contribution in [0.15, 0.2) is 35.4 Å². The molecule has 0 bridgehead atoms. The maximum Gasteiger partial charge on any atom is 0.247 e. The van der Waals surface area contributed by atoms with E-state index in [9.17, 15) is 9.59 Å². The Hall–Kier alpha value is -2.37. The van der Waals surface area contributed by atoms with Gasteiger partial charge in [-0.1, -0.05) is 6.07 Å². The molecule has 0 spiro atoms. The van der Waals surface area contributed by atoms with Crippen LogP contribution in [-0.4, -0.2) is 39.1 Å². The van der Waals surface area contributed by atoms with Crippen LogP contribution in [0.1, 0.15) is 36.4 Å². The Morgan fingerprint density at radius 2 is 2.27 bits per heavy atom. The van der Waals surface area contributed by atoms with Crippen LogP contribution < -0.4 is 5.56 Å². The van der Waals surface area contributed by atoms with Crippen molar-refractivity contribution >= 4 is 5.91 Å². The Bertz CT molecular complexity index is 657. The fourth-order valence-electron chi connectivity index (χ4n) is 2.96. The predicted molar refractivity (Wildman–Crippen MR) is 82.5 cm³/mol. The van der Waals surface area contributed by atoms with Crippen LogP contribution in [0, 0.1) is 0 Å². The predicted octanol–water partition coefficient (Wildman–Crippen LogP) is 1.44. The van der Waals surface area contributed by atoms with Gasteiger partial charge in [0.25, 0.3) is 0 Å². The molecule has 1 saturated heterocycles. The number of aromatic nitrogens is 3. The summed E-state index contributed by atoms with van der Waals surface area (Å²) in [5.74, 6) is 0.531. The van der Waals surface area contributed by atoms with Crippen LogP contribution in [0.3, 0.4) is 0 Å². The Kier molecular flexibility index (Phi) is 4.37. The molecule has 1 amide bonds. The topological polar surface area (TPSA) is 81.8 Å². The summed E-state index contributed by atoms with van der Waals surface area (Å²) in [6.07, 6.45) is 6.67. The molecule has 1 aliphatic rings. The first-order chi connectivity index (χ1) is 10.7. The van der Waals surface area contributed by atoms with Gasteiger partial charge < -0.3 is 9.88 Å². The van der Waals surface area contributed by atoms with Crippen LogP contribution in [0.5, 0.6) is 0 Å². The normalized spacial score (nSPS) is 18.4. The fraction of sp³-hybridized carbons (Fsp3) is 0.438. The largest absolute Gasteiger partial charge is 0.342 e. The number of nitrogens with zero attached hydrogens (tertiary/aromatic N) is 2. The summed E-state index contributed by atoms with van der Waals surface area (Å²) >= 11 is 0. The van der Waals surface area contributed by atoms with E-state index in [0.29, 0.717) is 18.8 Å². The number of likely N-dealkylation sites (tertiary alicyclic amines) is 1. The molecule has 0 aliphatic carbocycles. The van der Waals surface area contributed by atoms with E-state index in [4.69, 9.17) is 0 Å². The maximum atomic E-state index is 12.4. The van der Waals surface area contributed by atoms with Crippen LogP contribution in [0.25, 0.3) is 0 Å². The number of aryl methyl sites for hydroxylation is 1. The molecule has 1 unspecified atom stereocenters. The highest BCUT2D eigenvalue weighted by molar-refractivity contribution is 5.76. The Morgan fingerprint density at radius 1 is 1.36 bits per heavy atom. The van der Waals surface area contributed by atoms with Crippen molar-refractivity contribution in [1.82, 2.24) is 20.1 Å². The number of amides is 1. The van der Waals surface area contributed by atoms with Crippen molar-refractivity contribution in [1.29, 1.82) is 0 Å². The number of piperidine rings is 1. The third-order valence-electron chi connectivity index (χ3n) is 4.21. The zero-order valence-electron chi connectivity index (χ0n) is 12.4. The van der Waals surface area contributed by atoms with Gasteiger partial charge in [-0.25, -0.2) is 0 Å². The van der Waals surface area contributed by atoms with E-state index in [1.807, 2.05) is 11.0 Å². The van der Waals surface area contributed by atoms with Crippen molar-refractivity contribution in [3.8, 4) is 0 Å². The van der Waals surface area contributed by atoms with Crippen molar-refractivity contribution in [2.75, 3.05) is 13.1 Å². The molecule has 0 radical (unpaired) electrons. The second-order valence-corrected chi connectivity index (χ2v) is 5.75. The van der Waals surface area contributed by atoms with Crippen LogP contribution in [0.2, 0.25) is 0 Å². The molecule has 22 heavy (non-hydrogen) atoms. The van der Waals surface area contributed by atoms with Gasteiger partial charge in [-0.3, -0.25) is 14.7 Å². The zero-order valence-corrected chi connectivity index (χ0v) is 12.4. The molecule has 6 nitrogen and oxygen atoms in total. The number of carbonyl (C=O) groups is 1. The summed E-state index contributed by atoms with van der Waals surface area (Å²) < 4.78 is 0. The molecule has 2 aromatic heterocycles. The van der Waals surface area contributed by atoms with Gasteiger partial charge in [0.05, 0.1) is 0 Å². The van der Waals surface area contributed by atoms with Gasteiger partial charge in [0, 0.05) is 49.6 Å². The third-order valence-corrected chi connectivity index (χ3v) is 4.21. The third kappa shape index (κ3) is 3.44. The quantitative estimate of drug-likeness (QED) is 0.896. The molecule has 2 N–H and O–H groups in total. The molecule has 116 valence electrons. The summed E-state index contributed by atoms with van der Waals surface area (Å²) in [4.78, 5) is 28.0. The van der Waals surface area contributed by atoms with Crippen LogP contribution in [0.4, 0.5) is 0 Å². The summed E-state index contributed by atoms with van der Waals surface area (Å²) in [5.41, 5.74) is 1.97. The highest BCUT2D eigenvalue weighted by Gasteiger charge is 2.25. The van der Waals surface area contributed by atoms with E-state index < -0.39 is 0 Å². The number of hydrogen-bond acceptors (Lipinski definition) is 3. The number of hydrogen-bond donors (Lipinski definition) is 2. The summed E-state index contributed by atoms with van der Waals surface area (Å²) in [6.45, 7) is 1.59. The van der Waals surface area contributed by atoms with Crippen molar-refractivity contribution in [3.05, 3.63) is 52.2 Å². The first kappa shape index (κ1) is 14.6. The van der Waals surface area contributed by atoms with Crippen molar-refractivity contribution in [3.63, 3.8) is 0 Å². The number of H-pyrrole nitrogens is 2. The minimum atomic E-state index is -0.117. The van der Waals surface area contributed by atoms with Gasteiger partial charge in [0.2, 0.25) is 11.5 Å². The number of pyridine rings is 1. The molecule has 1 atom stereocenters. The lowest BCUT2D eigenvalue weighted by Crippen LogP contribution is -2.39. The van der Waals surface area contributed by atoms with E-state index >= 15 is 0 Å². The first-order valence-electron chi connectivity index (χ1n) is 7.67. The second-order valence-electron chi connectivity index (χ2n) is 5.75.